The molecule has 0 spiro atoms. The molecule has 0 aliphatic heterocycles. The molecule has 12 nitrogen and oxygen atoms in total. The van der Waals surface area contributed by atoms with Gasteiger partial charge in [-0.3, -0.25) is 18.8 Å². The van der Waals surface area contributed by atoms with Crippen molar-refractivity contribution in [1.82, 2.24) is 19.8 Å². The molecule has 15 heteroatoms. The lowest BCUT2D eigenvalue weighted by Crippen LogP contribution is -2.14. The van der Waals surface area contributed by atoms with Crippen molar-refractivity contribution in [3.8, 4) is 11.3 Å². The number of fused-ring (bicyclic) bond motifs is 1. The molecule has 0 bridgehead atoms. The molecule has 0 saturated carbocycles. The monoisotopic (exact) mass is 564 g/mol. The minimum Gasteiger partial charge on any atom is -0.755 e. The zero-order chi connectivity index (χ0) is 27.1. The molecule has 0 aliphatic rings. The summed E-state index contributed by atoms with van der Waals surface area (Å²) in [5, 5.41) is 10.2. The molecular weight excluding hydrogens is 542 g/mol. The minimum absolute atomic E-state index is 0.0656. The van der Waals surface area contributed by atoms with E-state index in [-0.39, 0.29) is 32.6 Å². The van der Waals surface area contributed by atoms with Crippen LogP contribution in [-0.2, 0) is 31.5 Å². The molecular formula is C22H23ClN7O5S2-. The van der Waals surface area contributed by atoms with E-state index in [9.17, 15) is 22.0 Å². The third-order valence-corrected chi connectivity index (χ3v) is 7.23. The van der Waals surface area contributed by atoms with Crippen molar-refractivity contribution < 1.29 is 22.0 Å². The van der Waals surface area contributed by atoms with Crippen LogP contribution < -0.4 is 14.8 Å². The standard InChI is InChI=1S/C22H24ClN7O5S2/c1-12(31)24-14-5-7-17(8-6-14)37(34,35)29-16-10-13(9-15(11-16)28-36(32)33)19-18(23)20-25-21(22(2,3)4)27-30(20)26-19/h5-11,26,28-29H,1-4H3,(H,24,31)(H,32,33)/p-1. The lowest BCUT2D eigenvalue weighted by Gasteiger charge is -2.15. The van der Waals surface area contributed by atoms with Crippen LogP contribution in [0.5, 0.6) is 0 Å². The summed E-state index contributed by atoms with van der Waals surface area (Å²) in [7, 11) is -4.07. The number of carbonyl (C=O) groups is 1. The van der Waals surface area contributed by atoms with Gasteiger partial charge in [-0.1, -0.05) is 32.4 Å². The van der Waals surface area contributed by atoms with Gasteiger partial charge in [0.25, 0.3) is 10.0 Å². The van der Waals surface area contributed by atoms with Crippen molar-refractivity contribution in [2.75, 3.05) is 14.8 Å². The van der Waals surface area contributed by atoms with Gasteiger partial charge < -0.3 is 14.6 Å². The first-order chi connectivity index (χ1) is 17.2. The van der Waals surface area contributed by atoms with E-state index in [0.29, 0.717) is 28.4 Å². The van der Waals surface area contributed by atoms with Gasteiger partial charge in [-0.2, -0.15) is 4.63 Å². The Balaban J connectivity index is 1.72. The molecule has 0 radical (unpaired) electrons. The first-order valence-corrected chi connectivity index (χ1v) is 13.7. The van der Waals surface area contributed by atoms with Gasteiger partial charge in [0.1, 0.15) is 5.02 Å². The van der Waals surface area contributed by atoms with Crippen LogP contribution in [0.2, 0.25) is 5.02 Å². The van der Waals surface area contributed by atoms with E-state index in [1.165, 1.54) is 54.0 Å². The number of sulfonamides is 1. The molecule has 1 atom stereocenters. The van der Waals surface area contributed by atoms with E-state index < -0.39 is 21.3 Å². The number of H-pyrrole nitrogens is 1. The Kier molecular flexibility index (Phi) is 7.03. The number of aromatic amines is 1. The Labute approximate surface area is 220 Å². The minimum atomic E-state index is -4.07. The summed E-state index contributed by atoms with van der Waals surface area (Å²) in [6.07, 6.45) is 0. The van der Waals surface area contributed by atoms with E-state index in [1.54, 1.807) is 0 Å². The van der Waals surface area contributed by atoms with Crippen LogP contribution in [0.15, 0.2) is 47.4 Å². The summed E-state index contributed by atoms with van der Waals surface area (Å²) in [4.78, 5) is 15.6. The number of rotatable bonds is 7. The number of carbonyl (C=O) groups excluding carboxylic acids is 1. The van der Waals surface area contributed by atoms with Crippen molar-refractivity contribution in [2.24, 2.45) is 0 Å². The highest BCUT2D eigenvalue weighted by Gasteiger charge is 2.24. The Morgan fingerprint density at radius 3 is 2.32 bits per heavy atom. The van der Waals surface area contributed by atoms with Crippen LogP contribution >= 0.6 is 11.6 Å². The van der Waals surface area contributed by atoms with E-state index >= 15 is 0 Å². The normalized spacial score (nSPS) is 12.9. The Morgan fingerprint density at radius 1 is 1.11 bits per heavy atom. The summed E-state index contributed by atoms with van der Waals surface area (Å²) >= 11 is 3.91. The number of nitrogens with zero attached hydrogens (tertiary/aromatic N) is 3. The molecule has 2 heterocycles. The summed E-state index contributed by atoms with van der Waals surface area (Å²) < 4.78 is 54.7. The Morgan fingerprint density at radius 2 is 1.76 bits per heavy atom. The number of hydrogen-bond donors (Lipinski definition) is 4. The van der Waals surface area contributed by atoms with E-state index in [2.05, 4.69) is 29.9 Å². The Bertz CT molecular complexity index is 1620. The van der Waals surface area contributed by atoms with Gasteiger partial charge in [-0.25, -0.2) is 13.4 Å². The zero-order valence-electron chi connectivity index (χ0n) is 20.1. The first-order valence-electron chi connectivity index (χ1n) is 10.8. The molecule has 4 aromatic rings. The summed E-state index contributed by atoms with van der Waals surface area (Å²) in [5.41, 5.74) is 1.39. The molecule has 4 N–H and O–H groups in total. The molecule has 1 unspecified atom stereocenters. The largest absolute Gasteiger partial charge is 0.755 e. The number of anilines is 3. The fourth-order valence-electron chi connectivity index (χ4n) is 3.43. The molecule has 4 rings (SSSR count). The number of aromatic nitrogens is 4. The van der Waals surface area contributed by atoms with Gasteiger partial charge in [-0.15, -0.1) is 5.10 Å². The summed E-state index contributed by atoms with van der Waals surface area (Å²) in [5.74, 6) is 0.281. The van der Waals surface area contributed by atoms with Crippen LogP contribution in [0.25, 0.3) is 16.9 Å². The summed E-state index contributed by atoms with van der Waals surface area (Å²) in [6, 6.07) is 9.86. The SMILES string of the molecule is CC(=O)Nc1ccc(S(=O)(=O)Nc2cc(NS(=O)[O-])cc(-c3[nH]n4nc(C(C)(C)C)nc4c3Cl)c2)cc1. The lowest BCUT2D eigenvalue weighted by molar-refractivity contribution is -0.114. The van der Waals surface area contributed by atoms with Crippen molar-refractivity contribution in [3.05, 3.63) is 53.3 Å². The molecule has 0 fully saturated rings. The van der Waals surface area contributed by atoms with E-state index in [1.807, 2.05) is 20.8 Å². The predicted octanol–water partition coefficient (Wildman–Crippen LogP) is 3.64. The highest BCUT2D eigenvalue weighted by Crippen LogP contribution is 2.35. The van der Waals surface area contributed by atoms with Gasteiger partial charge in [-0.05, 0) is 42.5 Å². The van der Waals surface area contributed by atoms with Crippen LogP contribution in [0.4, 0.5) is 17.1 Å². The molecule has 1 amide bonds. The third-order valence-electron chi connectivity index (χ3n) is 5.07. The maximum Gasteiger partial charge on any atom is 0.261 e. The molecule has 0 aliphatic carbocycles. The average Bonchev–Trinajstić information content (AvgIpc) is 3.32. The highest BCUT2D eigenvalue weighted by atomic mass is 35.5. The van der Waals surface area contributed by atoms with Crippen molar-refractivity contribution in [2.45, 2.75) is 38.0 Å². The van der Waals surface area contributed by atoms with Gasteiger partial charge in [0.05, 0.1) is 16.3 Å². The van der Waals surface area contributed by atoms with Gasteiger partial charge >= 0.3 is 0 Å². The first kappa shape index (κ1) is 26.6. The van der Waals surface area contributed by atoms with Crippen molar-refractivity contribution >= 4 is 61.5 Å². The maximum atomic E-state index is 13.0. The molecule has 2 aromatic heterocycles. The fraction of sp³-hybridized carbons (Fsp3) is 0.227. The molecule has 37 heavy (non-hydrogen) atoms. The van der Waals surface area contributed by atoms with Crippen molar-refractivity contribution in [3.63, 3.8) is 0 Å². The topological polar surface area (TPSA) is 173 Å². The van der Waals surface area contributed by atoms with Crippen LogP contribution in [0.1, 0.15) is 33.5 Å². The second-order valence-electron chi connectivity index (χ2n) is 9.17. The molecule has 0 saturated heterocycles. The number of benzene rings is 2. The van der Waals surface area contributed by atoms with Gasteiger partial charge in [0.15, 0.2) is 11.5 Å². The smallest absolute Gasteiger partial charge is 0.261 e. The van der Waals surface area contributed by atoms with Gasteiger partial charge in [0.2, 0.25) is 5.91 Å². The number of amides is 1. The number of hydrogen-bond acceptors (Lipinski definition) is 7. The second-order valence-corrected chi connectivity index (χ2v) is 11.9. The van der Waals surface area contributed by atoms with Gasteiger partial charge in [0, 0.05) is 40.5 Å². The zero-order valence-corrected chi connectivity index (χ0v) is 22.5. The third kappa shape index (κ3) is 5.93. The van der Waals surface area contributed by atoms with E-state index in [0.717, 1.165) is 0 Å². The number of halogens is 1. The highest BCUT2D eigenvalue weighted by molar-refractivity contribution is 7.92. The summed E-state index contributed by atoms with van der Waals surface area (Å²) in [6.45, 7) is 7.22. The van der Waals surface area contributed by atoms with Crippen LogP contribution in [0, 0.1) is 0 Å². The lowest BCUT2D eigenvalue weighted by atomic mass is 9.96. The molecule has 196 valence electrons. The second kappa shape index (κ2) is 9.78. The average molecular weight is 565 g/mol. The maximum absolute atomic E-state index is 13.0. The van der Waals surface area contributed by atoms with Crippen LogP contribution in [-0.4, -0.2) is 42.9 Å². The fourth-order valence-corrected chi connectivity index (χ4v) is 5.05. The van der Waals surface area contributed by atoms with Crippen LogP contribution in [0.3, 0.4) is 0 Å². The van der Waals surface area contributed by atoms with Crippen molar-refractivity contribution in [1.29, 1.82) is 0 Å². The molecule has 2 aromatic carbocycles. The number of nitrogens with one attached hydrogen (secondary N) is 4. The van der Waals surface area contributed by atoms with E-state index in [4.69, 9.17) is 11.6 Å². The quantitative estimate of drug-likeness (QED) is 0.248. The predicted molar refractivity (Wildman–Crippen MR) is 141 cm³/mol. The Hall–Kier alpha value is -3.46.